The number of hydrogen-bond acceptors (Lipinski definition) is 4. The number of amides is 1. The van der Waals surface area contributed by atoms with E-state index in [1.165, 1.54) is 12.8 Å². The number of carbonyl (C=O) groups excluding carboxylic acids is 1. The van der Waals surface area contributed by atoms with Crippen molar-refractivity contribution in [3.05, 3.63) is 29.3 Å². The van der Waals surface area contributed by atoms with Gasteiger partial charge < -0.3 is 15.1 Å². The average molecular weight is 286 g/mol. The molecule has 5 heteroatoms. The van der Waals surface area contributed by atoms with Crippen LogP contribution in [0.4, 0.5) is 5.69 Å². The Labute approximate surface area is 126 Å². The summed E-state index contributed by atoms with van der Waals surface area (Å²) in [4.78, 5) is 15.1. The molecule has 0 atom stereocenters. The maximum absolute atomic E-state index is 11.8. The van der Waals surface area contributed by atoms with Crippen molar-refractivity contribution in [2.75, 3.05) is 32.6 Å². The first kappa shape index (κ1) is 15.3. The third-order valence-electron chi connectivity index (χ3n) is 3.64. The lowest BCUT2D eigenvalue weighted by molar-refractivity contribution is -0.127. The summed E-state index contributed by atoms with van der Waals surface area (Å²) in [6.07, 6.45) is 2.50. The standard InChI is InChI=1S/C16H22N4O/c1-19(2)16(21)11-20(3)15-7-4-12(8-13(15)9-17)10-18-14-5-6-14/h4,7-8,14,18H,5-6,10-11H2,1-3H3. The normalized spacial score (nSPS) is 13.6. The first-order chi connectivity index (χ1) is 10.0. The number of anilines is 1. The van der Waals surface area contributed by atoms with Crippen molar-refractivity contribution >= 4 is 11.6 Å². The molecule has 1 aliphatic rings. The minimum atomic E-state index is 0.0147. The second-order valence-electron chi connectivity index (χ2n) is 5.76. The maximum Gasteiger partial charge on any atom is 0.241 e. The second-order valence-corrected chi connectivity index (χ2v) is 5.76. The maximum atomic E-state index is 11.8. The van der Waals surface area contributed by atoms with Gasteiger partial charge in [-0.2, -0.15) is 5.26 Å². The summed E-state index contributed by atoms with van der Waals surface area (Å²) in [5.74, 6) is 0.0147. The summed E-state index contributed by atoms with van der Waals surface area (Å²) < 4.78 is 0. The fourth-order valence-corrected chi connectivity index (χ4v) is 2.09. The molecule has 1 amide bonds. The Bertz CT molecular complexity index is 558. The molecule has 1 aromatic rings. The predicted octanol–water partition coefficient (Wildman–Crippen LogP) is 1.33. The Kier molecular flexibility index (Phi) is 4.81. The lowest BCUT2D eigenvalue weighted by atomic mass is 10.1. The molecule has 0 unspecified atom stereocenters. The van der Waals surface area contributed by atoms with Gasteiger partial charge in [0, 0.05) is 33.7 Å². The van der Waals surface area contributed by atoms with E-state index in [2.05, 4.69) is 11.4 Å². The van der Waals surface area contributed by atoms with Crippen LogP contribution in [0, 0.1) is 11.3 Å². The minimum Gasteiger partial charge on any atom is -0.364 e. The molecule has 1 aliphatic carbocycles. The van der Waals surface area contributed by atoms with E-state index in [0.717, 1.165) is 17.8 Å². The fourth-order valence-electron chi connectivity index (χ4n) is 2.09. The third kappa shape index (κ3) is 4.20. The molecule has 112 valence electrons. The number of nitrogens with zero attached hydrogens (tertiary/aromatic N) is 3. The molecule has 0 spiro atoms. The Morgan fingerprint density at radius 2 is 2.10 bits per heavy atom. The van der Waals surface area contributed by atoms with E-state index in [0.29, 0.717) is 11.6 Å². The summed E-state index contributed by atoms with van der Waals surface area (Å²) in [5.41, 5.74) is 2.51. The Morgan fingerprint density at radius 3 is 2.67 bits per heavy atom. The third-order valence-corrected chi connectivity index (χ3v) is 3.64. The zero-order chi connectivity index (χ0) is 15.4. The van der Waals surface area contributed by atoms with E-state index in [1.54, 1.807) is 19.0 Å². The lowest BCUT2D eigenvalue weighted by Gasteiger charge is -2.22. The number of likely N-dealkylation sites (N-methyl/N-ethyl adjacent to an activating group) is 2. The summed E-state index contributed by atoms with van der Waals surface area (Å²) in [6, 6.07) is 8.72. The first-order valence-electron chi connectivity index (χ1n) is 7.19. The number of nitrogens with one attached hydrogen (secondary N) is 1. The van der Waals surface area contributed by atoms with Crippen molar-refractivity contribution in [1.82, 2.24) is 10.2 Å². The van der Waals surface area contributed by atoms with E-state index in [1.807, 2.05) is 30.1 Å². The lowest BCUT2D eigenvalue weighted by Crippen LogP contribution is -2.34. The zero-order valence-electron chi connectivity index (χ0n) is 12.9. The van der Waals surface area contributed by atoms with Gasteiger partial charge in [0.1, 0.15) is 6.07 Å². The summed E-state index contributed by atoms with van der Waals surface area (Å²) in [7, 11) is 5.29. The van der Waals surface area contributed by atoms with Crippen molar-refractivity contribution in [3.63, 3.8) is 0 Å². The number of benzene rings is 1. The Balaban J connectivity index is 2.07. The molecule has 2 rings (SSSR count). The summed E-state index contributed by atoms with van der Waals surface area (Å²) in [5, 5.41) is 12.8. The zero-order valence-corrected chi connectivity index (χ0v) is 12.9. The Morgan fingerprint density at radius 1 is 1.38 bits per heavy atom. The van der Waals surface area contributed by atoms with Gasteiger partial charge >= 0.3 is 0 Å². The van der Waals surface area contributed by atoms with E-state index in [4.69, 9.17) is 0 Å². The monoisotopic (exact) mass is 286 g/mol. The van der Waals surface area contributed by atoms with Crippen molar-refractivity contribution in [1.29, 1.82) is 5.26 Å². The van der Waals surface area contributed by atoms with Gasteiger partial charge in [0.15, 0.2) is 0 Å². The molecule has 0 saturated heterocycles. The van der Waals surface area contributed by atoms with Gasteiger partial charge in [-0.3, -0.25) is 4.79 Å². The smallest absolute Gasteiger partial charge is 0.241 e. The molecule has 0 radical (unpaired) electrons. The van der Waals surface area contributed by atoms with Crippen LogP contribution in [-0.2, 0) is 11.3 Å². The van der Waals surface area contributed by atoms with Crippen molar-refractivity contribution in [2.45, 2.75) is 25.4 Å². The largest absolute Gasteiger partial charge is 0.364 e. The van der Waals surface area contributed by atoms with E-state index in [9.17, 15) is 10.1 Å². The van der Waals surface area contributed by atoms with Crippen molar-refractivity contribution < 1.29 is 4.79 Å². The van der Waals surface area contributed by atoms with Crippen LogP contribution in [0.15, 0.2) is 18.2 Å². The van der Waals surface area contributed by atoms with Gasteiger partial charge in [0.05, 0.1) is 17.8 Å². The van der Waals surface area contributed by atoms with Crippen LogP contribution < -0.4 is 10.2 Å². The van der Waals surface area contributed by atoms with Gasteiger partial charge in [-0.05, 0) is 30.5 Å². The highest BCUT2D eigenvalue weighted by atomic mass is 16.2. The van der Waals surface area contributed by atoms with E-state index >= 15 is 0 Å². The molecular formula is C16H22N4O. The van der Waals surface area contributed by atoms with Crippen molar-refractivity contribution in [3.8, 4) is 6.07 Å². The topological polar surface area (TPSA) is 59.4 Å². The summed E-state index contributed by atoms with van der Waals surface area (Å²) in [6.45, 7) is 1.06. The quantitative estimate of drug-likeness (QED) is 0.857. The molecule has 21 heavy (non-hydrogen) atoms. The van der Waals surface area contributed by atoms with Crippen LogP contribution in [-0.4, -0.2) is 44.5 Å². The SMILES string of the molecule is CN(C)C(=O)CN(C)c1ccc(CNC2CC2)cc1C#N. The molecule has 1 aromatic carbocycles. The number of nitriles is 1. The number of carbonyl (C=O) groups is 1. The van der Waals surface area contributed by atoms with Crippen LogP contribution in [0.1, 0.15) is 24.0 Å². The molecule has 1 fully saturated rings. The van der Waals surface area contributed by atoms with Gasteiger partial charge in [-0.1, -0.05) is 6.07 Å². The average Bonchev–Trinajstić information content (AvgIpc) is 3.28. The first-order valence-corrected chi connectivity index (χ1v) is 7.19. The predicted molar refractivity (Wildman–Crippen MR) is 83.0 cm³/mol. The van der Waals surface area contributed by atoms with Crippen LogP contribution in [0.25, 0.3) is 0 Å². The molecule has 0 heterocycles. The van der Waals surface area contributed by atoms with Gasteiger partial charge in [-0.15, -0.1) is 0 Å². The summed E-state index contributed by atoms with van der Waals surface area (Å²) >= 11 is 0. The van der Waals surface area contributed by atoms with Gasteiger partial charge in [0.2, 0.25) is 5.91 Å². The minimum absolute atomic E-state index is 0.0147. The van der Waals surface area contributed by atoms with Gasteiger partial charge in [0.25, 0.3) is 0 Å². The number of hydrogen-bond donors (Lipinski definition) is 1. The molecular weight excluding hydrogens is 264 g/mol. The van der Waals surface area contributed by atoms with Crippen molar-refractivity contribution in [2.24, 2.45) is 0 Å². The van der Waals surface area contributed by atoms with Crippen LogP contribution >= 0.6 is 0 Å². The highest BCUT2D eigenvalue weighted by Gasteiger charge is 2.20. The molecule has 0 aliphatic heterocycles. The highest BCUT2D eigenvalue weighted by Crippen LogP contribution is 2.22. The second kappa shape index (κ2) is 6.59. The fraction of sp³-hybridized carbons (Fsp3) is 0.500. The molecule has 1 N–H and O–H groups in total. The highest BCUT2D eigenvalue weighted by molar-refractivity contribution is 5.81. The Hall–Kier alpha value is -2.06. The molecule has 5 nitrogen and oxygen atoms in total. The van der Waals surface area contributed by atoms with E-state index < -0.39 is 0 Å². The molecule has 0 bridgehead atoms. The van der Waals surface area contributed by atoms with Crippen LogP contribution in [0.3, 0.4) is 0 Å². The number of rotatable bonds is 6. The van der Waals surface area contributed by atoms with Crippen LogP contribution in [0.2, 0.25) is 0 Å². The van der Waals surface area contributed by atoms with Crippen LogP contribution in [0.5, 0.6) is 0 Å². The molecule has 1 saturated carbocycles. The van der Waals surface area contributed by atoms with Gasteiger partial charge in [-0.25, -0.2) is 0 Å². The molecule has 0 aromatic heterocycles. The van der Waals surface area contributed by atoms with E-state index in [-0.39, 0.29) is 12.5 Å².